The van der Waals surface area contributed by atoms with E-state index in [0.29, 0.717) is 0 Å². The van der Waals surface area contributed by atoms with E-state index in [2.05, 4.69) is 52.4 Å². The zero-order chi connectivity index (χ0) is 15.5. The van der Waals surface area contributed by atoms with Crippen LogP contribution in [0.2, 0.25) is 45.8 Å². The van der Waals surface area contributed by atoms with Crippen molar-refractivity contribution in [2.24, 2.45) is 0 Å². The highest BCUT2D eigenvalue weighted by Gasteiger charge is 2.42. The van der Waals surface area contributed by atoms with Gasteiger partial charge >= 0.3 is 14.5 Å². The van der Waals surface area contributed by atoms with Crippen LogP contribution < -0.4 is 0 Å². The van der Waals surface area contributed by atoms with Crippen molar-refractivity contribution in [2.75, 3.05) is 0 Å². The van der Waals surface area contributed by atoms with Gasteiger partial charge in [-0.2, -0.15) is 0 Å². The maximum Gasteiger partial charge on any atom is 0.330 e. The van der Waals surface area contributed by atoms with Crippen LogP contribution in [-0.2, 0) is 17.8 Å². The third kappa shape index (κ3) is 7.83. The van der Waals surface area contributed by atoms with Crippen molar-refractivity contribution in [2.45, 2.75) is 58.5 Å². The standard InChI is InChI=1S/C12H28O4Si3/c1-10-12(13)14-11(2)18(6,7)16-19(8,9)15-17(3,4)5/h10-11H,1H2,2-9H3. The van der Waals surface area contributed by atoms with Gasteiger partial charge in [0.25, 0.3) is 0 Å². The first-order chi connectivity index (χ1) is 8.29. The molecule has 19 heavy (non-hydrogen) atoms. The summed E-state index contributed by atoms with van der Waals surface area (Å²) in [5.41, 5.74) is -0.227. The lowest BCUT2D eigenvalue weighted by Gasteiger charge is -2.39. The van der Waals surface area contributed by atoms with Crippen LogP contribution in [0.4, 0.5) is 0 Å². The zero-order valence-corrected chi connectivity index (χ0v) is 16.5. The molecule has 0 radical (unpaired) electrons. The Morgan fingerprint density at radius 1 is 1.05 bits per heavy atom. The number of ether oxygens (including phenoxy) is 1. The molecule has 0 amide bonds. The lowest BCUT2D eigenvalue weighted by molar-refractivity contribution is -0.139. The van der Waals surface area contributed by atoms with E-state index in [4.69, 9.17) is 13.0 Å². The molecule has 1 atom stereocenters. The van der Waals surface area contributed by atoms with Gasteiger partial charge in [-0.15, -0.1) is 0 Å². The normalized spacial score (nSPS) is 14.9. The highest BCUT2D eigenvalue weighted by atomic mass is 28.5. The van der Waals surface area contributed by atoms with Gasteiger partial charge in [0, 0.05) is 6.08 Å². The van der Waals surface area contributed by atoms with Crippen molar-refractivity contribution in [3.63, 3.8) is 0 Å². The summed E-state index contributed by atoms with van der Waals surface area (Å²) >= 11 is 0. The van der Waals surface area contributed by atoms with E-state index >= 15 is 0 Å². The van der Waals surface area contributed by atoms with E-state index < -0.39 is 31.2 Å². The molecule has 0 aromatic rings. The molecule has 0 rings (SSSR count). The van der Waals surface area contributed by atoms with Crippen LogP contribution >= 0.6 is 0 Å². The van der Waals surface area contributed by atoms with Crippen LogP contribution in [-0.4, -0.2) is 36.9 Å². The average Bonchev–Trinajstić information content (AvgIpc) is 2.11. The maximum absolute atomic E-state index is 11.3. The second-order valence-electron chi connectivity index (χ2n) is 6.60. The molecule has 0 spiro atoms. The molecule has 0 saturated carbocycles. The first-order valence-corrected chi connectivity index (χ1v) is 15.7. The largest absolute Gasteiger partial charge is 0.460 e. The Kier molecular flexibility index (Phi) is 6.41. The van der Waals surface area contributed by atoms with E-state index in [0.717, 1.165) is 0 Å². The molecule has 4 nitrogen and oxygen atoms in total. The number of hydrogen-bond donors (Lipinski definition) is 0. The molecule has 0 saturated heterocycles. The van der Waals surface area contributed by atoms with Crippen LogP contribution in [0.15, 0.2) is 12.7 Å². The number of rotatable bonds is 7. The topological polar surface area (TPSA) is 44.8 Å². The molecule has 0 aliphatic rings. The summed E-state index contributed by atoms with van der Waals surface area (Å²) in [6, 6.07) is 0. The first-order valence-electron chi connectivity index (χ1n) is 6.52. The van der Waals surface area contributed by atoms with E-state index in [9.17, 15) is 4.79 Å². The minimum Gasteiger partial charge on any atom is -0.460 e. The summed E-state index contributed by atoms with van der Waals surface area (Å²) in [6.45, 7) is 20.0. The Balaban J connectivity index is 4.74. The van der Waals surface area contributed by atoms with Crippen molar-refractivity contribution in [1.29, 1.82) is 0 Å². The molecule has 0 fully saturated rings. The van der Waals surface area contributed by atoms with Gasteiger partial charge in [-0.1, -0.05) is 6.58 Å². The van der Waals surface area contributed by atoms with E-state index in [1.807, 2.05) is 6.92 Å². The highest BCUT2D eigenvalue weighted by molar-refractivity contribution is 6.87. The van der Waals surface area contributed by atoms with Crippen LogP contribution in [0.1, 0.15) is 6.92 Å². The maximum atomic E-state index is 11.3. The van der Waals surface area contributed by atoms with Crippen LogP contribution in [0.3, 0.4) is 0 Å². The molecular weight excluding hydrogens is 292 g/mol. The van der Waals surface area contributed by atoms with Gasteiger partial charge < -0.3 is 13.0 Å². The molecule has 0 N–H and O–H groups in total. The van der Waals surface area contributed by atoms with Gasteiger partial charge in [0.05, 0.1) is 0 Å². The third-order valence-electron chi connectivity index (χ3n) is 2.50. The van der Waals surface area contributed by atoms with Gasteiger partial charge in [0.15, 0.2) is 8.32 Å². The summed E-state index contributed by atoms with van der Waals surface area (Å²) in [5, 5.41) is 0. The van der Waals surface area contributed by atoms with Crippen LogP contribution in [0, 0.1) is 0 Å². The molecule has 0 aliphatic carbocycles. The van der Waals surface area contributed by atoms with E-state index in [1.165, 1.54) is 6.08 Å². The Morgan fingerprint density at radius 2 is 1.53 bits per heavy atom. The molecule has 112 valence electrons. The van der Waals surface area contributed by atoms with Crippen LogP contribution in [0.25, 0.3) is 0 Å². The lowest BCUT2D eigenvalue weighted by atomic mass is 10.6. The molecule has 7 heteroatoms. The van der Waals surface area contributed by atoms with Crippen molar-refractivity contribution in [3.8, 4) is 0 Å². The summed E-state index contributed by atoms with van der Waals surface area (Å²) < 4.78 is 17.8. The Morgan fingerprint density at radius 3 is 1.89 bits per heavy atom. The molecule has 0 heterocycles. The minimum atomic E-state index is -2.19. The number of carbonyl (C=O) groups is 1. The second-order valence-corrected chi connectivity index (χ2v) is 19.3. The average molecular weight is 321 g/mol. The van der Waals surface area contributed by atoms with Crippen LogP contribution in [0.5, 0.6) is 0 Å². The summed E-state index contributed by atoms with van der Waals surface area (Å²) in [4.78, 5) is 11.3. The second kappa shape index (κ2) is 6.49. The van der Waals surface area contributed by atoms with E-state index in [-0.39, 0.29) is 5.73 Å². The fraction of sp³-hybridized carbons (Fsp3) is 0.750. The predicted molar refractivity (Wildman–Crippen MR) is 86.2 cm³/mol. The van der Waals surface area contributed by atoms with Gasteiger partial charge in [-0.25, -0.2) is 4.79 Å². The summed E-state index contributed by atoms with van der Waals surface area (Å²) in [5.74, 6) is -0.401. The van der Waals surface area contributed by atoms with Gasteiger partial charge in [0.2, 0.25) is 8.32 Å². The Labute approximate surface area is 120 Å². The smallest absolute Gasteiger partial charge is 0.330 e. The first kappa shape index (κ1) is 18.8. The predicted octanol–water partition coefficient (Wildman–Crippen LogP) is 3.42. The number of esters is 1. The summed E-state index contributed by atoms with van der Waals surface area (Å²) in [6.07, 6.45) is 1.18. The Bertz CT molecular complexity index is 334. The van der Waals surface area contributed by atoms with Gasteiger partial charge in [-0.05, 0) is 52.8 Å². The van der Waals surface area contributed by atoms with Crippen molar-refractivity contribution in [1.82, 2.24) is 0 Å². The van der Waals surface area contributed by atoms with Crippen molar-refractivity contribution in [3.05, 3.63) is 12.7 Å². The quantitative estimate of drug-likeness (QED) is 0.409. The molecule has 1 unspecified atom stereocenters. The van der Waals surface area contributed by atoms with Crippen molar-refractivity contribution < 1.29 is 17.8 Å². The fourth-order valence-corrected chi connectivity index (χ4v) is 14.4. The molecule has 0 aromatic heterocycles. The minimum absolute atomic E-state index is 0.227. The number of carbonyl (C=O) groups excluding carboxylic acids is 1. The van der Waals surface area contributed by atoms with E-state index in [1.54, 1.807) is 0 Å². The van der Waals surface area contributed by atoms with Crippen molar-refractivity contribution >= 4 is 31.2 Å². The molecule has 0 aliphatic heterocycles. The number of hydrogen-bond acceptors (Lipinski definition) is 4. The van der Waals surface area contributed by atoms with Gasteiger partial charge in [-0.3, -0.25) is 0 Å². The summed E-state index contributed by atoms with van der Waals surface area (Å²) in [7, 11) is -5.98. The SMILES string of the molecule is C=CC(=O)OC(C)[Si](C)(C)O[Si](C)(C)O[Si](C)(C)C. The Hall–Kier alpha value is -0.219. The lowest BCUT2D eigenvalue weighted by Crippen LogP contribution is -2.56. The zero-order valence-electron chi connectivity index (χ0n) is 13.5. The monoisotopic (exact) mass is 320 g/mol. The molecular formula is C12H28O4Si3. The third-order valence-corrected chi connectivity index (χ3v) is 13.1. The molecule has 0 aromatic carbocycles. The van der Waals surface area contributed by atoms with Gasteiger partial charge in [0.1, 0.15) is 5.73 Å². The fourth-order valence-electron chi connectivity index (χ4n) is 1.84. The molecule has 0 bridgehead atoms. The highest BCUT2D eigenvalue weighted by Crippen LogP contribution is 2.23.